The molecule has 1 aromatic carbocycles. The Morgan fingerprint density at radius 3 is 2.62 bits per heavy atom. The van der Waals surface area contributed by atoms with E-state index < -0.39 is 0 Å². The molecule has 0 unspecified atom stereocenters. The minimum atomic E-state index is -0.168. The fourth-order valence-electron chi connectivity index (χ4n) is 2.53. The lowest BCUT2D eigenvalue weighted by Gasteiger charge is -2.40. The summed E-state index contributed by atoms with van der Waals surface area (Å²) in [6.07, 6.45) is 0. The van der Waals surface area contributed by atoms with Gasteiger partial charge in [-0.2, -0.15) is 0 Å². The van der Waals surface area contributed by atoms with Crippen LogP contribution in [0, 0.1) is 5.92 Å². The number of fused-ring (bicyclic) bond motifs is 1. The Morgan fingerprint density at radius 1 is 1.19 bits per heavy atom. The highest BCUT2D eigenvalue weighted by Crippen LogP contribution is 2.25. The third-order valence-electron chi connectivity index (χ3n) is 3.66. The van der Waals surface area contributed by atoms with Crippen molar-refractivity contribution in [2.45, 2.75) is 26.3 Å². The standard InChI is InChI=1S/C17H21N3O/c1-17(2,3)19-16(21)13-10-20(11-13)15-9-8-12-6-4-5-7-14(12)18-15/h4-9,13H,10-11H2,1-3H3,(H,19,21). The van der Waals surface area contributed by atoms with Gasteiger partial charge >= 0.3 is 0 Å². The molecular weight excluding hydrogens is 262 g/mol. The van der Waals surface area contributed by atoms with Crippen LogP contribution >= 0.6 is 0 Å². The van der Waals surface area contributed by atoms with Crippen LogP contribution in [0.2, 0.25) is 0 Å². The summed E-state index contributed by atoms with van der Waals surface area (Å²) < 4.78 is 0. The number of nitrogens with zero attached hydrogens (tertiary/aromatic N) is 2. The van der Waals surface area contributed by atoms with Gasteiger partial charge in [-0.1, -0.05) is 18.2 Å². The molecule has 1 aliphatic heterocycles. The van der Waals surface area contributed by atoms with Crippen molar-refractivity contribution in [3.63, 3.8) is 0 Å². The van der Waals surface area contributed by atoms with Crippen LogP contribution in [0.25, 0.3) is 10.9 Å². The van der Waals surface area contributed by atoms with Crippen molar-refractivity contribution in [2.75, 3.05) is 18.0 Å². The van der Waals surface area contributed by atoms with Gasteiger partial charge in [-0.15, -0.1) is 0 Å². The van der Waals surface area contributed by atoms with E-state index in [1.807, 2.05) is 45.0 Å². The highest BCUT2D eigenvalue weighted by molar-refractivity contribution is 5.83. The summed E-state index contributed by atoms with van der Waals surface area (Å²) in [5.74, 6) is 1.16. The largest absolute Gasteiger partial charge is 0.355 e. The first-order valence-corrected chi connectivity index (χ1v) is 7.35. The summed E-state index contributed by atoms with van der Waals surface area (Å²) in [5, 5.41) is 4.18. The molecule has 4 heteroatoms. The number of anilines is 1. The fraction of sp³-hybridized carbons (Fsp3) is 0.412. The predicted octanol–water partition coefficient (Wildman–Crippen LogP) is 2.59. The van der Waals surface area contributed by atoms with Crippen LogP contribution < -0.4 is 10.2 Å². The van der Waals surface area contributed by atoms with Gasteiger partial charge in [0.25, 0.3) is 0 Å². The zero-order chi connectivity index (χ0) is 15.0. The first-order chi connectivity index (χ1) is 9.92. The number of pyridine rings is 1. The molecule has 110 valence electrons. The average Bonchev–Trinajstić information content (AvgIpc) is 2.34. The molecule has 0 aliphatic carbocycles. The number of hydrogen-bond acceptors (Lipinski definition) is 3. The molecule has 0 radical (unpaired) electrons. The topological polar surface area (TPSA) is 45.2 Å². The number of para-hydroxylation sites is 1. The number of hydrogen-bond donors (Lipinski definition) is 1. The van der Waals surface area contributed by atoms with E-state index in [4.69, 9.17) is 0 Å². The fourth-order valence-corrected chi connectivity index (χ4v) is 2.53. The second-order valence-electron chi connectivity index (χ2n) is 6.70. The highest BCUT2D eigenvalue weighted by Gasteiger charge is 2.34. The summed E-state index contributed by atoms with van der Waals surface area (Å²) in [5.41, 5.74) is 0.830. The average molecular weight is 283 g/mol. The number of benzene rings is 1. The lowest BCUT2D eigenvalue weighted by atomic mass is 9.97. The first kappa shape index (κ1) is 13.9. The molecule has 4 nitrogen and oxygen atoms in total. The number of nitrogens with one attached hydrogen (secondary N) is 1. The maximum atomic E-state index is 12.1. The molecule has 1 aliphatic rings. The van der Waals surface area contributed by atoms with E-state index in [2.05, 4.69) is 27.3 Å². The molecular formula is C17H21N3O. The van der Waals surface area contributed by atoms with E-state index in [1.54, 1.807) is 0 Å². The molecule has 0 bridgehead atoms. The van der Waals surface area contributed by atoms with E-state index in [9.17, 15) is 4.79 Å². The lowest BCUT2D eigenvalue weighted by Crippen LogP contribution is -2.56. The van der Waals surface area contributed by atoms with Gasteiger partial charge in [0.1, 0.15) is 5.82 Å². The smallest absolute Gasteiger partial charge is 0.227 e. The molecule has 21 heavy (non-hydrogen) atoms. The maximum Gasteiger partial charge on any atom is 0.227 e. The van der Waals surface area contributed by atoms with Gasteiger partial charge in [-0.05, 0) is 39.0 Å². The second kappa shape index (κ2) is 5.02. The normalized spacial score (nSPS) is 15.9. The Morgan fingerprint density at radius 2 is 1.90 bits per heavy atom. The minimum absolute atomic E-state index is 0.0671. The summed E-state index contributed by atoms with van der Waals surface area (Å²) in [4.78, 5) is 18.9. The summed E-state index contributed by atoms with van der Waals surface area (Å²) in [7, 11) is 0. The van der Waals surface area contributed by atoms with Crippen molar-refractivity contribution in [3.05, 3.63) is 36.4 Å². The molecule has 2 heterocycles. The number of rotatable bonds is 2. The van der Waals surface area contributed by atoms with Gasteiger partial charge in [0.2, 0.25) is 5.91 Å². The molecule has 1 saturated heterocycles. The van der Waals surface area contributed by atoms with Crippen molar-refractivity contribution >= 4 is 22.6 Å². The SMILES string of the molecule is CC(C)(C)NC(=O)C1CN(c2ccc3ccccc3n2)C1. The van der Waals surface area contributed by atoms with Crippen molar-refractivity contribution in [1.29, 1.82) is 0 Å². The van der Waals surface area contributed by atoms with Crippen molar-refractivity contribution in [2.24, 2.45) is 5.92 Å². The first-order valence-electron chi connectivity index (χ1n) is 7.35. The summed E-state index contributed by atoms with van der Waals surface area (Å²) in [6.45, 7) is 7.51. The lowest BCUT2D eigenvalue weighted by molar-refractivity contribution is -0.127. The number of aromatic nitrogens is 1. The molecule has 2 aromatic rings. The van der Waals surface area contributed by atoms with Crippen molar-refractivity contribution in [3.8, 4) is 0 Å². The zero-order valence-corrected chi connectivity index (χ0v) is 12.8. The van der Waals surface area contributed by atoms with Gasteiger partial charge < -0.3 is 10.2 Å². The van der Waals surface area contributed by atoms with E-state index in [0.717, 1.165) is 29.8 Å². The van der Waals surface area contributed by atoms with E-state index >= 15 is 0 Å². The summed E-state index contributed by atoms with van der Waals surface area (Å²) in [6, 6.07) is 12.2. The van der Waals surface area contributed by atoms with Crippen LogP contribution in [0.1, 0.15) is 20.8 Å². The quantitative estimate of drug-likeness (QED) is 0.921. The Balaban J connectivity index is 1.66. The van der Waals surface area contributed by atoms with Crippen molar-refractivity contribution < 1.29 is 4.79 Å². The Hall–Kier alpha value is -2.10. The van der Waals surface area contributed by atoms with E-state index in [-0.39, 0.29) is 17.4 Å². The second-order valence-corrected chi connectivity index (χ2v) is 6.70. The van der Waals surface area contributed by atoms with Crippen LogP contribution in [0.5, 0.6) is 0 Å². The molecule has 0 saturated carbocycles. The van der Waals surface area contributed by atoms with Gasteiger partial charge in [-0.3, -0.25) is 4.79 Å². The Kier molecular flexibility index (Phi) is 3.32. The van der Waals surface area contributed by atoms with Crippen molar-refractivity contribution in [1.82, 2.24) is 10.3 Å². The van der Waals surface area contributed by atoms with Gasteiger partial charge in [0.05, 0.1) is 11.4 Å². The molecule has 1 amide bonds. The zero-order valence-electron chi connectivity index (χ0n) is 12.8. The van der Waals surface area contributed by atoms with Crippen LogP contribution in [-0.4, -0.2) is 29.5 Å². The Labute approximate surface area is 125 Å². The van der Waals surface area contributed by atoms with Crippen LogP contribution in [0.3, 0.4) is 0 Å². The Bertz CT molecular complexity index is 669. The number of carbonyl (C=O) groups excluding carboxylic acids is 1. The highest BCUT2D eigenvalue weighted by atomic mass is 16.2. The predicted molar refractivity (Wildman–Crippen MR) is 85.3 cm³/mol. The maximum absolute atomic E-state index is 12.1. The third kappa shape index (κ3) is 2.99. The van der Waals surface area contributed by atoms with Gasteiger partial charge in [0.15, 0.2) is 0 Å². The minimum Gasteiger partial charge on any atom is -0.355 e. The third-order valence-corrected chi connectivity index (χ3v) is 3.66. The van der Waals surface area contributed by atoms with Crippen LogP contribution in [-0.2, 0) is 4.79 Å². The summed E-state index contributed by atoms with van der Waals surface area (Å²) >= 11 is 0. The molecule has 0 atom stereocenters. The van der Waals surface area contributed by atoms with Gasteiger partial charge in [-0.25, -0.2) is 4.98 Å². The van der Waals surface area contributed by atoms with Crippen LogP contribution in [0.15, 0.2) is 36.4 Å². The number of amides is 1. The molecule has 0 spiro atoms. The molecule has 3 rings (SSSR count). The van der Waals surface area contributed by atoms with E-state index in [0.29, 0.717) is 0 Å². The molecule has 1 aromatic heterocycles. The van der Waals surface area contributed by atoms with Crippen LogP contribution in [0.4, 0.5) is 5.82 Å². The van der Waals surface area contributed by atoms with Gasteiger partial charge in [0, 0.05) is 24.0 Å². The number of carbonyl (C=O) groups is 1. The molecule has 1 N–H and O–H groups in total. The monoisotopic (exact) mass is 283 g/mol. The van der Waals surface area contributed by atoms with E-state index in [1.165, 1.54) is 0 Å². The molecule has 1 fully saturated rings.